The van der Waals surface area contributed by atoms with E-state index >= 15 is 0 Å². The summed E-state index contributed by atoms with van der Waals surface area (Å²) in [7, 11) is -1.87. The summed E-state index contributed by atoms with van der Waals surface area (Å²) in [6.45, 7) is 1.29. The van der Waals surface area contributed by atoms with Gasteiger partial charge in [-0.2, -0.15) is 12.8 Å². The van der Waals surface area contributed by atoms with Crippen molar-refractivity contribution in [2.45, 2.75) is 6.92 Å². The van der Waals surface area contributed by atoms with Crippen molar-refractivity contribution in [2.75, 3.05) is 20.5 Å². The summed E-state index contributed by atoms with van der Waals surface area (Å²) in [6, 6.07) is 0. The Balaban J connectivity index is 3.81. The Hall–Kier alpha value is -2.10. The van der Waals surface area contributed by atoms with Gasteiger partial charge >= 0.3 is 15.8 Å². The molecule has 0 amide bonds. The van der Waals surface area contributed by atoms with Gasteiger partial charge in [-0.05, 0) is 6.92 Å². The fourth-order valence-electron chi connectivity index (χ4n) is 1.60. The van der Waals surface area contributed by atoms with Crippen molar-refractivity contribution in [3.05, 3.63) is 21.5 Å². The van der Waals surface area contributed by atoms with Gasteiger partial charge in [0.1, 0.15) is 0 Å². The molecule has 0 aliphatic rings. The number of hydrogen-bond donors (Lipinski definition) is 0. The van der Waals surface area contributed by atoms with Crippen molar-refractivity contribution in [3.63, 3.8) is 0 Å². The first kappa shape index (κ1) is 16.0. The lowest BCUT2D eigenvalue weighted by molar-refractivity contribution is -0.388. The fraction of sp³-hybridized carbons (Fsp3) is 0.400. The minimum absolute atomic E-state index is 0.0714. The monoisotopic (exact) mass is 309 g/mol. The molecule has 10 heteroatoms. The summed E-state index contributed by atoms with van der Waals surface area (Å²) in [6.07, 6.45) is 0.744. The average Bonchev–Trinajstić information content (AvgIpc) is 2.30. The zero-order valence-electron chi connectivity index (χ0n) is 11.1. The standard InChI is InChI=1S/C10H12FNO7S/c1-5-8(17-2)6(11)7(12(13)14)10(18-3)9(5)19-20(4,15)16/h1-4H3. The molecule has 0 bridgehead atoms. The van der Waals surface area contributed by atoms with Crippen LogP contribution in [-0.2, 0) is 10.1 Å². The van der Waals surface area contributed by atoms with Crippen molar-refractivity contribution < 1.29 is 31.4 Å². The summed E-state index contributed by atoms with van der Waals surface area (Å²) < 4.78 is 50.5. The van der Waals surface area contributed by atoms with E-state index in [0.717, 1.165) is 20.5 Å². The molecular formula is C10H12FNO7S. The number of benzene rings is 1. The molecule has 1 rings (SSSR count). The molecule has 1 aromatic carbocycles. The fourth-order valence-corrected chi connectivity index (χ4v) is 2.10. The van der Waals surface area contributed by atoms with Crippen LogP contribution in [0, 0.1) is 22.9 Å². The molecule has 1 aromatic rings. The maximum atomic E-state index is 14.0. The topological polar surface area (TPSA) is 105 Å². The number of ether oxygens (including phenoxy) is 2. The normalized spacial score (nSPS) is 11.1. The van der Waals surface area contributed by atoms with Crippen molar-refractivity contribution in [1.29, 1.82) is 0 Å². The molecule has 0 spiro atoms. The SMILES string of the molecule is COc1c(C)c(OS(C)(=O)=O)c(OC)c([N+](=O)[O-])c1F. The minimum Gasteiger partial charge on any atom is -0.493 e. The van der Waals surface area contributed by atoms with Gasteiger partial charge in [0.15, 0.2) is 11.5 Å². The number of rotatable bonds is 5. The third-order valence-electron chi connectivity index (χ3n) is 2.34. The van der Waals surface area contributed by atoms with E-state index in [4.69, 9.17) is 9.47 Å². The van der Waals surface area contributed by atoms with Crippen LogP contribution in [-0.4, -0.2) is 33.8 Å². The second-order valence-electron chi connectivity index (χ2n) is 3.73. The summed E-state index contributed by atoms with van der Waals surface area (Å²) in [5.41, 5.74) is -1.13. The summed E-state index contributed by atoms with van der Waals surface area (Å²) in [4.78, 5) is 9.87. The van der Waals surface area contributed by atoms with Gasteiger partial charge in [0.2, 0.25) is 11.6 Å². The molecular weight excluding hydrogens is 297 g/mol. The van der Waals surface area contributed by atoms with Crippen LogP contribution in [0.3, 0.4) is 0 Å². The molecule has 0 atom stereocenters. The van der Waals surface area contributed by atoms with Gasteiger partial charge in [0, 0.05) is 5.56 Å². The van der Waals surface area contributed by atoms with E-state index in [9.17, 15) is 22.9 Å². The van der Waals surface area contributed by atoms with E-state index in [2.05, 4.69) is 4.18 Å². The first-order chi connectivity index (χ1) is 9.14. The molecule has 0 saturated carbocycles. The van der Waals surface area contributed by atoms with E-state index in [1.165, 1.54) is 6.92 Å². The first-order valence-corrected chi connectivity index (χ1v) is 6.93. The van der Waals surface area contributed by atoms with Crippen LogP contribution in [0.1, 0.15) is 5.56 Å². The van der Waals surface area contributed by atoms with Crippen LogP contribution >= 0.6 is 0 Å². The predicted octanol–water partition coefficient (Wildman–Crippen LogP) is 1.40. The zero-order valence-corrected chi connectivity index (χ0v) is 11.9. The van der Waals surface area contributed by atoms with E-state index in [1.807, 2.05) is 0 Å². The van der Waals surface area contributed by atoms with Crippen molar-refractivity contribution in [1.82, 2.24) is 0 Å². The Bertz CT molecular complexity index is 656. The molecule has 112 valence electrons. The summed E-state index contributed by atoms with van der Waals surface area (Å²) in [5, 5.41) is 10.9. The van der Waals surface area contributed by atoms with Crippen molar-refractivity contribution in [2.24, 2.45) is 0 Å². The molecule has 0 aliphatic heterocycles. The van der Waals surface area contributed by atoms with Crippen LogP contribution in [0.15, 0.2) is 0 Å². The second-order valence-corrected chi connectivity index (χ2v) is 5.30. The third-order valence-corrected chi connectivity index (χ3v) is 2.80. The molecule has 0 aromatic heterocycles. The van der Waals surface area contributed by atoms with Crippen molar-refractivity contribution in [3.8, 4) is 17.2 Å². The van der Waals surface area contributed by atoms with Gasteiger partial charge < -0.3 is 13.7 Å². The average molecular weight is 309 g/mol. The highest BCUT2D eigenvalue weighted by molar-refractivity contribution is 7.86. The van der Waals surface area contributed by atoms with Crippen LogP contribution in [0.4, 0.5) is 10.1 Å². The van der Waals surface area contributed by atoms with Crippen LogP contribution in [0.5, 0.6) is 17.2 Å². The zero-order chi connectivity index (χ0) is 15.7. The molecule has 20 heavy (non-hydrogen) atoms. The van der Waals surface area contributed by atoms with Gasteiger partial charge in [0.25, 0.3) is 0 Å². The lowest BCUT2D eigenvalue weighted by atomic mass is 10.1. The third kappa shape index (κ3) is 2.90. The Morgan fingerprint density at radius 3 is 2.00 bits per heavy atom. The molecule has 0 heterocycles. The molecule has 0 radical (unpaired) electrons. The number of halogens is 1. The largest absolute Gasteiger partial charge is 0.493 e. The van der Waals surface area contributed by atoms with Gasteiger partial charge in [-0.15, -0.1) is 0 Å². The van der Waals surface area contributed by atoms with E-state index in [1.54, 1.807) is 0 Å². The Morgan fingerprint density at radius 2 is 1.65 bits per heavy atom. The maximum Gasteiger partial charge on any atom is 0.354 e. The second kappa shape index (κ2) is 5.49. The maximum absolute atomic E-state index is 14.0. The van der Waals surface area contributed by atoms with Crippen LogP contribution < -0.4 is 13.7 Å². The highest BCUT2D eigenvalue weighted by atomic mass is 32.2. The number of nitro benzene ring substituents is 1. The lowest BCUT2D eigenvalue weighted by Crippen LogP contribution is -2.11. The van der Waals surface area contributed by atoms with Crippen molar-refractivity contribution >= 4 is 15.8 Å². The van der Waals surface area contributed by atoms with Crippen LogP contribution in [0.25, 0.3) is 0 Å². The molecule has 0 N–H and O–H groups in total. The lowest BCUT2D eigenvalue weighted by Gasteiger charge is -2.15. The first-order valence-electron chi connectivity index (χ1n) is 5.11. The highest BCUT2D eigenvalue weighted by Crippen LogP contribution is 2.47. The Kier molecular flexibility index (Phi) is 4.38. The Labute approximate surface area is 114 Å². The minimum atomic E-state index is -3.99. The van der Waals surface area contributed by atoms with E-state index in [-0.39, 0.29) is 5.56 Å². The quantitative estimate of drug-likeness (QED) is 0.460. The molecule has 0 aliphatic carbocycles. The smallest absolute Gasteiger partial charge is 0.354 e. The number of nitrogens with zero attached hydrogens (tertiary/aromatic N) is 1. The summed E-state index contributed by atoms with van der Waals surface area (Å²) in [5.74, 6) is -2.87. The number of hydrogen-bond acceptors (Lipinski definition) is 7. The van der Waals surface area contributed by atoms with E-state index in [0.29, 0.717) is 0 Å². The van der Waals surface area contributed by atoms with Gasteiger partial charge in [0.05, 0.1) is 25.4 Å². The van der Waals surface area contributed by atoms with Gasteiger partial charge in [-0.3, -0.25) is 10.1 Å². The molecule has 0 unspecified atom stereocenters. The number of methoxy groups -OCH3 is 2. The Morgan fingerprint density at radius 1 is 1.15 bits per heavy atom. The molecule has 0 saturated heterocycles. The molecule has 8 nitrogen and oxygen atoms in total. The number of nitro groups is 1. The van der Waals surface area contributed by atoms with E-state index < -0.39 is 43.8 Å². The van der Waals surface area contributed by atoms with Gasteiger partial charge in [-0.25, -0.2) is 0 Å². The highest BCUT2D eigenvalue weighted by Gasteiger charge is 2.34. The molecule has 0 fully saturated rings. The van der Waals surface area contributed by atoms with Gasteiger partial charge in [-0.1, -0.05) is 0 Å². The van der Waals surface area contributed by atoms with Crippen LogP contribution in [0.2, 0.25) is 0 Å². The predicted molar refractivity (Wildman–Crippen MR) is 66.4 cm³/mol. The summed E-state index contributed by atoms with van der Waals surface area (Å²) >= 11 is 0.